The van der Waals surface area contributed by atoms with Crippen molar-refractivity contribution in [3.63, 3.8) is 0 Å². The van der Waals surface area contributed by atoms with E-state index in [2.05, 4.69) is 20.4 Å². The number of carbonyl (C=O) groups is 2. The zero-order chi connectivity index (χ0) is 21.2. The second-order valence-electron chi connectivity index (χ2n) is 7.48. The number of nitrogens with two attached hydrogens (primary N) is 1. The standard InChI is InChI=1S/C19H23N5O5/c1-19(2,18-23-15(24-29-18)13-8-7-10(25)9-21-13)14(20)16(26)22-12-6-4-3-5-11(12)17(27)28/h7-9,14,25H,3-6,20H2,1-2H3,(H,22,26)(H,27,28)/t14-/m1/s1. The molecule has 10 heteroatoms. The van der Waals surface area contributed by atoms with Crippen LogP contribution in [0.4, 0.5) is 0 Å². The van der Waals surface area contributed by atoms with E-state index in [0.29, 0.717) is 24.2 Å². The summed E-state index contributed by atoms with van der Waals surface area (Å²) >= 11 is 0. The highest BCUT2D eigenvalue weighted by Crippen LogP contribution is 2.28. The number of aromatic hydroxyl groups is 1. The van der Waals surface area contributed by atoms with E-state index in [1.807, 2.05) is 0 Å². The van der Waals surface area contributed by atoms with Crippen LogP contribution in [0.2, 0.25) is 0 Å². The molecule has 10 nitrogen and oxygen atoms in total. The van der Waals surface area contributed by atoms with Gasteiger partial charge < -0.3 is 25.8 Å². The minimum Gasteiger partial charge on any atom is -0.506 e. The van der Waals surface area contributed by atoms with Crippen LogP contribution in [0.3, 0.4) is 0 Å². The van der Waals surface area contributed by atoms with Crippen LogP contribution in [0.25, 0.3) is 11.5 Å². The van der Waals surface area contributed by atoms with Gasteiger partial charge in [-0.05, 0) is 51.7 Å². The summed E-state index contributed by atoms with van der Waals surface area (Å²) in [6.45, 7) is 3.37. The van der Waals surface area contributed by atoms with Crippen LogP contribution in [0, 0.1) is 0 Å². The average molecular weight is 401 g/mol. The number of carbonyl (C=O) groups excluding carboxylic acids is 1. The zero-order valence-electron chi connectivity index (χ0n) is 16.2. The van der Waals surface area contributed by atoms with Crippen molar-refractivity contribution in [2.45, 2.75) is 51.0 Å². The number of pyridine rings is 1. The van der Waals surface area contributed by atoms with Crippen molar-refractivity contribution in [3.05, 3.63) is 35.5 Å². The van der Waals surface area contributed by atoms with Gasteiger partial charge in [-0.2, -0.15) is 4.98 Å². The molecule has 0 aromatic carbocycles. The molecule has 0 saturated heterocycles. The van der Waals surface area contributed by atoms with Crippen LogP contribution in [0.15, 0.2) is 34.1 Å². The van der Waals surface area contributed by atoms with E-state index in [1.165, 1.54) is 18.3 Å². The fourth-order valence-corrected chi connectivity index (χ4v) is 3.07. The molecule has 0 bridgehead atoms. The fourth-order valence-electron chi connectivity index (χ4n) is 3.07. The molecule has 2 aromatic heterocycles. The summed E-state index contributed by atoms with van der Waals surface area (Å²) in [5, 5.41) is 25.2. The van der Waals surface area contributed by atoms with Crippen molar-refractivity contribution in [1.82, 2.24) is 20.4 Å². The number of hydrogen-bond donors (Lipinski definition) is 4. The molecule has 3 rings (SSSR count). The number of carboxylic acid groups (broad SMARTS) is 1. The molecule has 1 aliphatic rings. The maximum absolute atomic E-state index is 12.7. The van der Waals surface area contributed by atoms with Gasteiger partial charge in [0.25, 0.3) is 0 Å². The fraction of sp³-hybridized carbons (Fsp3) is 0.421. The molecular formula is C19H23N5O5. The molecule has 1 aliphatic carbocycles. The van der Waals surface area contributed by atoms with Crippen LogP contribution >= 0.6 is 0 Å². The molecule has 0 saturated carbocycles. The molecule has 2 heterocycles. The highest BCUT2D eigenvalue weighted by Gasteiger charge is 2.39. The summed E-state index contributed by atoms with van der Waals surface area (Å²) in [5.74, 6) is -1.21. The number of amides is 1. The Morgan fingerprint density at radius 3 is 2.66 bits per heavy atom. The number of hydrogen-bond acceptors (Lipinski definition) is 8. The monoisotopic (exact) mass is 401 g/mol. The molecule has 2 aromatic rings. The van der Waals surface area contributed by atoms with Gasteiger partial charge in [0.15, 0.2) is 0 Å². The number of nitrogens with zero attached hydrogens (tertiary/aromatic N) is 3. The first-order valence-electron chi connectivity index (χ1n) is 9.21. The van der Waals surface area contributed by atoms with Gasteiger partial charge in [-0.25, -0.2) is 9.78 Å². The maximum atomic E-state index is 12.7. The Morgan fingerprint density at radius 2 is 2.00 bits per heavy atom. The lowest BCUT2D eigenvalue weighted by atomic mass is 9.84. The maximum Gasteiger partial charge on any atom is 0.333 e. The van der Waals surface area contributed by atoms with Gasteiger partial charge in [0, 0.05) is 5.70 Å². The Balaban J connectivity index is 1.79. The van der Waals surface area contributed by atoms with Crippen LogP contribution in [0.1, 0.15) is 45.4 Å². The Hall–Kier alpha value is -3.27. The SMILES string of the molecule is CC(C)(c1nc(-c2ccc(O)cn2)no1)[C@H](N)C(=O)NC1=C(C(=O)O)CCCC1. The second kappa shape index (κ2) is 8.00. The van der Waals surface area contributed by atoms with Crippen LogP contribution in [0.5, 0.6) is 5.75 Å². The van der Waals surface area contributed by atoms with Gasteiger partial charge in [0.2, 0.25) is 17.6 Å². The highest BCUT2D eigenvalue weighted by molar-refractivity contribution is 5.90. The lowest BCUT2D eigenvalue weighted by Crippen LogP contribution is -2.52. The number of rotatable bonds is 6. The van der Waals surface area contributed by atoms with E-state index in [4.69, 9.17) is 10.3 Å². The Bertz CT molecular complexity index is 948. The predicted octanol–water partition coefficient (Wildman–Crippen LogP) is 1.47. The molecule has 1 amide bonds. The summed E-state index contributed by atoms with van der Waals surface area (Å²) < 4.78 is 5.30. The summed E-state index contributed by atoms with van der Waals surface area (Å²) in [7, 11) is 0. The first-order valence-corrected chi connectivity index (χ1v) is 9.21. The summed E-state index contributed by atoms with van der Waals surface area (Å²) in [6.07, 6.45) is 3.73. The van der Waals surface area contributed by atoms with Gasteiger partial charge in [-0.15, -0.1) is 0 Å². The first kappa shape index (κ1) is 20.5. The van der Waals surface area contributed by atoms with Crippen molar-refractivity contribution in [3.8, 4) is 17.3 Å². The molecule has 0 aliphatic heterocycles. The molecule has 0 fully saturated rings. The van der Waals surface area contributed by atoms with E-state index in [0.717, 1.165) is 12.8 Å². The summed E-state index contributed by atoms with van der Waals surface area (Å²) in [4.78, 5) is 32.4. The largest absolute Gasteiger partial charge is 0.506 e. The molecule has 29 heavy (non-hydrogen) atoms. The third-order valence-electron chi connectivity index (χ3n) is 5.01. The average Bonchev–Trinajstić information content (AvgIpc) is 3.19. The van der Waals surface area contributed by atoms with Gasteiger partial charge >= 0.3 is 5.97 Å². The Morgan fingerprint density at radius 1 is 1.28 bits per heavy atom. The van der Waals surface area contributed by atoms with E-state index in [9.17, 15) is 19.8 Å². The van der Waals surface area contributed by atoms with E-state index in [1.54, 1.807) is 13.8 Å². The van der Waals surface area contributed by atoms with Crippen LogP contribution in [-0.4, -0.2) is 43.3 Å². The van der Waals surface area contributed by atoms with Crippen molar-refractivity contribution >= 4 is 11.9 Å². The third-order valence-corrected chi connectivity index (χ3v) is 5.01. The van der Waals surface area contributed by atoms with Crippen molar-refractivity contribution in [2.75, 3.05) is 0 Å². The summed E-state index contributed by atoms with van der Waals surface area (Å²) in [5.41, 5.74) is 6.16. The molecule has 0 radical (unpaired) electrons. The molecule has 0 unspecified atom stereocenters. The minimum absolute atomic E-state index is 0.00855. The highest BCUT2D eigenvalue weighted by atomic mass is 16.5. The van der Waals surface area contributed by atoms with Gasteiger partial charge in [-0.1, -0.05) is 5.16 Å². The lowest BCUT2D eigenvalue weighted by molar-refractivity contribution is -0.133. The topological polar surface area (TPSA) is 164 Å². The van der Waals surface area contributed by atoms with Gasteiger partial charge in [-0.3, -0.25) is 4.79 Å². The first-order chi connectivity index (χ1) is 13.7. The third kappa shape index (κ3) is 4.27. The smallest absolute Gasteiger partial charge is 0.333 e. The Labute approximate surface area is 166 Å². The number of carboxylic acids is 1. The predicted molar refractivity (Wildman–Crippen MR) is 101 cm³/mol. The quantitative estimate of drug-likeness (QED) is 0.561. The molecule has 0 spiro atoms. The molecule has 154 valence electrons. The minimum atomic E-state index is -1.06. The molecule has 1 atom stereocenters. The van der Waals surface area contributed by atoms with Crippen LogP contribution < -0.4 is 11.1 Å². The summed E-state index contributed by atoms with van der Waals surface area (Å²) in [6, 6.07) is 1.92. The van der Waals surface area contributed by atoms with Crippen molar-refractivity contribution < 1.29 is 24.3 Å². The van der Waals surface area contributed by atoms with E-state index >= 15 is 0 Å². The molecule has 5 N–H and O–H groups in total. The Kier molecular flexibility index (Phi) is 5.64. The number of aliphatic carboxylic acids is 1. The van der Waals surface area contributed by atoms with E-state index < -0.39 is 23.3 Å². The van der Waals surface area contributed by atoms with Crippen LogP contribution in [-0.2, 0) is 15.0 Å². The zero-order valence-corrected chi connectivity index (χ0v) is 16.2. The molecular weight excluding hydrogens is 378 g/mol. The van der Waals surface area contributed by atoms with E-state index in [-0.39, 0.29) is 23.0 Å². The lowest BCUT2D eigenvalue weighted by Gasteiger charge is -2.28. The normalized spacial score (nSPS) is 15.8. The number of aromatic nitrogens is 3. The van der Waals surface area contributed by atoms with Gasteiger partial charge in [0.1, 0.15) is 11.4 Å². The van der Waals surface area contributed by atoms with Gasteiger partial charge in [0.05, 0.1) is 23.2 Å². The number of nitrogens with one attached hydrogen (secondary N) is 1. The van der Waals surface area contributed by atoms with Crippen molar-refractivity contribution in [2.24, 2.45) is 5.73 Å². The second-order valence-corrected chi connectivity index (χ2v) is 7.48. The number of allylic oxidation sites excluding steroid dienone is 1. The van der Waals surface area contributed by atoms with Crippen molar-refractivity contribution in [1.29, 1.82) is 0 Å².